The molecule has 2 N–H and O–H groups in total. The number of nitro groups is 1. The Morgan fingerprint density at radius 1 is 1.15 bits per heavy atom. The Morgan fingerprint density at radius 2 is 1.85 bits per heavy atom. The number of carbonyl (C=O) groups excluding carboxylic acids is 2. The Labute approximate surface area is 154 Å². The van der Waals surface area contributed by atoms with Gasteiger partial charge in [-0.25, -0.2) is 9.59 Å². The molecule has 2 rings (SSSR count). The lowest BCUT2D eigenvalue weighted by molar-refractivity contribution is -0.384. The molecule has 2 aromatic rings. The van der Waals surface area contributed by atoms with E-state index >= 15 is 0 Å². The summed E-state index contributed by atoms with van der Waals surface area (Å²) < 4.78 is 9.82. The minimum Gasteiger partial charge on any atom is -0.465 e. The number of nitrogens with one attached hydrogen (secondary N) is 1. The third-order valence-electron chi connectivity index (χ3n) is 3.61. The van der Waals surface area contributed by atoms with E-state index in [1.165, 1.54) is 31.4 Å². The number of anilines is 1. The van der Waals surface area contributed by atoms with Crippen molar-refractivity contribution in [1.29, 1.82) is 0 Å². The molecule has 0 saturated heterocycles. The first-order valence-corrected chi connectivity index (χ1v) is 7.93. The molecule has 0 fully saturated rings. The van der Waals surface area contributed by atoms with Crippen molar-refractivity contribution < 1.29 is 29.1 Å². The fraction of sp³-hybridized carbons (Fsp3) is 0.222. The van der Waals surface area contributed by atoms with Gasteiger partial charge in [0.1, 0.15) is 6.61 Å². The number of benzene rings is 2. The zero-order valence-electron chi connectivity index (χ0n) is 14.5. The van der Waals surface area contributed by atoms with Crippen molar-refractivity contribution in [1.82, 2.24) is 0 Å². The lowest BCUT2D eigenvalue weighted by atomic mass is 10.1. The van der Waals surface area contributed by atoms with E-state index in [4.69, 9.17) is 9.84 Å². The number of aliphatic hydroxyl groups excluding tert-OH is 1. The molecule has 0 aliphatic heterocycles. The summed E-state index contributed by atoms with van der Waals surface area (Å²) in [5.41, 5.74) is 1.05. The second kappa shape index (κ2) is 9.30. The van der Waals surface area contributed by atoms with E-state index in [9.17, 15) is 19.7 Å². The molecule has 0 radical (unpaired) electrons. The summed E-state index contributed by atoms with van der Waals surface area (Å²) in [6.07, 6.45) is 0. The number of aliphatic hydroxyl groups is 1. The zero-order chi connectivity index (χ0) is 19.8. The highest BCUT2D eigenvalue weighted by Gasteiger charge is 2.18. The molecular formula is C18H18N2O7. The van der Waals surface area contributed by atoms with Crippen LogP contribution in [0.4, 0.5) is 11.4 Å². The third-order valence-corrected chi connectivity index (χ3v) is 3.61. The lowest BCUT2D eigenvalue weighted by Gasteiger charge is -2.11. The molecule has 0 aliphatic carbocycles. The van der Waals surface area contributed by atoms with Gasteiger partial charge in [0.05, 0.1) is 29.8 Å². The second-order valence-corrected chi connectivity index (χ2v) is 5.40. The lowest BCUT2D eigenvalue weighted by Crippen LogP contribution is -2.13. The molecule has 0 aliphatic rings. The average Bonchev–Trinajstić information content (AvgIpc) is 2.70. The van der Waals surface area contributed by atoms with E-state index in [1.54, 1.807) is 12.1 Å². The molecule has 9 nitrogen and oxygen atoms in total. The Hall–Kier alpha value is -3.46. The van der Waals surface area contributed by atoms with Crippen molar-refractivity contribution in [2.75, 3.05) is 25.6 Å². The number of rotatable bonds is 8. The molecule has 0 saturated carbocycles. The molecule has 27 heavy (non-hydrogen) atoms. The van der Waals surface area contributed by atoms with Crippen LogP contribution in [0.1, 0.15) is 26.3 Å². The van der Waals surface area contributed by atoms with Gasteiger partial charge >= 0.3 is 11.9 Å². The van der Waals surface area contributed by atoms with Gasteiger partial charge in [0.15, 0.2) is 0 Å². The summed E-state index contributed by atoms with van der Waals surface area (Å²) in [5.74, 6) is -1.23. The Morgan fingerprint density at radius 3 is 2.44 bits per heavy atom. The number of nitrogens with zero attached hydrogens (tertiary/aromatic N) is 1. The van der Waals surface area contributed by atoms with Gasteiger partial charge in [0.25, 0.3) is 5.69 Å². The summed E-state index contributed by atoms with van der Waals surface area (Å²) >= 11 is 0. The number of nitro benzene ring substituents is 1. The summed E-state index contributed by atoms with van der Waals surface area (Å²) in [4.78, 5) is 34.1. The molecule has 0 bridgehead atoms. The molecule has 0 aromatic heterocycles. The summed E-state index contributed by atoms with van der Waals surface area (Å²) in [6, 6.07) is 10.0. The smallest absolute Gasteiger partial charge is 0.340 e. The first-order valence-electron chi connectivity index (χ1n) is 7.93. The monoisotopic (exact) mass is 374 g/mol. The number of esters is 2. The predicted molar refractivity (Wildman–Crippen MR) is 95.6 cm³/mol. The molecule has 0 spiro atoms. The standard InChI is InChI=1S/C18H18N2O7/c1-26-17(22)13-4-2-12(3-5-13)11-27-18(23)15-10-14(20(24)25)6-7-16(15)19-8-9-21/h2-7,10,19,21H,8-9,11H2,1H3. The summed E-state index contributed by atoms with van der Waals surface area (Å²) in [5, 5.41) is 22.7. The van der Waals surface area contributed by atoms with Crippen molar-refractivity contribution in [3.63, 3.8) is 0 Å². The van der Waals surface area contributed by atoms with Crippen LogP contribution in [-0.4, -0.2) is 42.2 Å². The predicted octanol–water partition coefficient (Wildman–Crippen LogP) is 2.14. The summed E-state index contributed by atoms with van der Waals surface area (Å²) in [7, 11) is 1.28. The van der Waals surface area contributed by atoms with Crippen LogP contribution < -0.4 is 5.32 Å². The highest BCUT2D eigenvalue weighted by Crippen LogP contribution is 2.23. The molecule has 0 unspecified atom stereocenters. The van der Waals surface area contributed by atoms with E-state index in [2.05, 4.69) is 10.1 Å². The first-order chi connectivity index (χ1) is 13.0. The van der Waals surface area contributed by atoms with Crippen LogP contribution in [0.25, 0.3) is 0 Å². The van der Waals surface area contributed by atoms with Gasteiger partial charge in [-0.05, 0) is 23.8 Å². The van der Waals surface area contributed by atoms with Gasteiger partial charge < -0.3 is 19.9 Å². The maximum absolute atomic E-state index is 12.4. The third kappa shape index (κ3) is 5.25. The fourth-order valence-corrected chi connectivity index (χ4v) is 2.24. The van der Waals surface area contributed by atoms with Gasteiger partial charge in [-0.1, -0.05) is 12.1 Å². The maximum Gasteiger partial charge on any atom is 0.340 e. The Bertz CT molecular complexity index is 834. The van der Waals surface area contributed by atoms with Crippen molar-refractivity contribution in [3.05, 3.63) is 69.3 Å². The van der Waals surface area contributed by atoms with E-state index in [0.717, 1.165) is 6.07 Å². The maximum atomic E-state index is 12.4. The molecule has 0 heterocycles. The number of hydrogen-bond acceptors (Lipinski definition) is 8. The van der Waals surface area contributed by atoms with Gasteiger partial charge in [-0.3, -0.25) is 10.1 Å². The normalized spacial score (nSPS) is 10.1. The quantitative estimate of drug-likeness (QED) is 0.409. The van der Waals surface area contributed by atoms with Crippen LogP contribution in [0.2, 0.25) is 0 Å². The number of carbonyl (C=O) groups is 2. The summed E-state index contributed by atoms with van der Waals surface area (Å²) in [6.45, 7) is -0.0759. The molecular weight excluding hydrogens is 356 g/mol. The van der Waals surface area contributed by atoms with Crippen molar-refractivity contribution in [2.45, 2.75) is 6.61 Å². The number of methoxy groups -OCH3 is 1. The van der Waals surface area contributed by atoms with Gasteiger partial charge in [-0.15, -0.1) is 0 Å². The molecule has 142 valence electrons. The molecule has 0 atom stereocenters. The van der Waals surface area contributed by atoms with Crippen molar-refractivity contribution >= 4 is 23.3 Å². The van der Waals surface area contributed by atoms with Crippen LogP contribution in [0, 0.1) is 10.1 Å². The Balaban J connectivity index is 2.13. The van der Waals surface area contributed by atoms with Crippen LogP contribution in [-0.2, 0) is 16.1 Å². The number of non-ortho nitro benzene ring substituents is 1. The Kier molecular flexibility index (Phi) is 6.84. The minimum atomic E-state index is -0.754. The van der Waals surface area contributed by atoms with Crippen LogP contribution in [0.15, 0.2) is 42.5 Å². The van der Waals surface area contributed by atoms with E-state index in [1.807, 2.05) is 0 Å². The molecule has 9 heteroatoms. The van der Waals surface area contributed by atoms with Gasteiger partial charge in [0.2, 0.25) is 0 Å². The highest BCUT2D eigenvalue weighted by atomic mass is 16.6. The van der Waals surface area contributed by atoms with Crippen LogP contribution in [0.3, 0.4) is 0 Å². The van der Waals surface area contributed by atoms with Gasteiger partial charge in [-0.2, -0.15) is 0 Å². The van der Waals surface area contributed by atoms with E-state index in [-0.39, 0.29) is 31.0 Å². The van der Waals surface area contributed by atoms with Gasteiger partial charge in [0, 0.05) is 24.4 Å². The minimum absolute atomic E-state index is 0.0103. The first kappa shape index (κ1) is 19.9. The zero-order valence-corrected chi connectivity index (χ0v) is 14.5. The van der Waals surface area contributed by atoms with Crippen molar-refractivity contribution in [2.24, 2.45) is 0 Å². The van der Waals surface area contributed by atoms with Crippen molar-refractivity contribution in [3.8, 4) is 0 Å². The average molecular weight is 374 g/mol. The molecule has 2 aromatic carbocycles. The van der Waals surface area contributed by atoms with Crippen LogP contribution >= 0.6 is 0 Å². The van der Waals surface area contributed by atoms with E-state index in [0.29, 0.717) is 16.8 Å². The fourth-order valence-electron chi connectivity index (χ4n) is 2.24. The number of hydrogen-bond donors (Lipinski definition) is 2. The SMILES string of the molecule is COC(=O)c1ccc(COC(=O)c2cc([N+](=O)[O-])ccc2NCCO)cc1. The highest BCUT2D eigenvalue weighted by molar-refractivity contribution is 5.96. The van der Waals surface area contributed by atoms with E-state index < -0.39 is 16.9 Å². The van der Waals surface area contributed by atoms with Crippen LogP contribution in [0.5, 0.6) is 0 Å². The molecule has 0 amide bonds. The largest absolute Gasteiger partial charge is 0.465 e. The topological polar surface area (TPSA) is 128 Å². The number of ether oxygens (including phenoxy) is 2. The second-order valence-electron chi connectivity index (χ2n) is 5.40.